The average Bonchev–Trinajstić information content (AvgIpc) is 2.82. The van der Waals surface area contributed by atoms with Gasteiger partial charge in [0.05, 0.1) is 0 Å². The second-order valence-electron chi connectivity index (χ2n) is 4.19. The van der Waals surface area contributed by atoms with Crippen LogP contribution in [-0.4, -0.2) is 10.4 Å². The number of carbonyl (C=O) groups excluding carboxylic acids is 1. The van der Waals surface area contributed by atoms with Crippen molar-refractivity contribution in [1.82, 2.24) is 4.57 Å². The first-order valence-corrected chi connectivity index (χ1v) is 5.39. The van der Waals surface area contributed by atoms with Gasteiger partial charge in [0.2, 0.25) is 0 Å². The van der Waals surface area contributed by atoms with E-state index >= 15 is 0 Å². The molecule has 2 rings (SSSR count). The van der Waals surface area contributed by atoms with E-state index in [0.717, 1.165) is 19.4 Å². The summed E-state index contributed by atoms with van der Waals surface area (Å²) < 4.78 is 2.29. The summed E-state index contributed by atoms with van der Waals surface area (Å²) in [6.45, 7) is 4.96. The van der Waals surface area contributed by atoms with Gasteiger partial charge in [0.15, 0.2) is 0 Å². The lowest BCUT2D eigenvalue weighted by molar-refractivity contribution is -0.118. The Balaban J connectivity index is 2.10. The zero-order valence-electron chi connectivity index (χ0n) is 8.86. The van der Waals surface area contributed by atoms with E-state index < -0.39 is 0 Å². The van der Waals surface area contributed by atoms with Crippen LogP contribution in [0.15, 0.2) is 18.3 Å². The Morgan fingerprint density at radius 1 is 1.64 bits per heavy atom. The van der Waals surface area contributed by atoms with E-state index in [1.165, 1.54) is 5.69 Å². The van der Waals surface area contributed by atoms with Crippen LogP contribution in [0.5, 0.6) is 0 Å². The number of carbonyl (C=O) groups is 1. The van der Waals surface area contributed by atoms with Gasteiger partial charge in [-0.05, 0) is 31.9 Å². The Morgan fingerprint density at radius 2 is 2.43 bits per heavy atom. The number of Topliss-reactive ketones (excluding diaryl/α,β-unsaturated/α-hetero) is 1. The van der Waals surface area contributed by atoms with Gasteiger partial charge in [-0.1, -0.05) is 6.92 Å². The lowest BCUT2D eigenvalue weighted by Crippen LogP contribution is -2.02. The fourth-order valence-electron chi connectivity index (χ4n) is 2.18. The number of aromatic nitrogens is 1. The molecule has 76 valence electrons. The van der Waals surface area contributed by atoms with E-state index in [0.29, 0.717) is 17.6 Å². The minimum absolute atomic E-state index is 0.306. The average molecular weight is 191 g/mol. The van der Waals surface area contributed by atoms with Crippen molar-refractivity contribution in [1.29, 1.82) is 0 Å². The lowest BCUT2D eigenvalue weighted by atomic mass is 10.2. The zero-order valence-corrected chi connectivity index (χ0v) is 8.86. The van der Waals surface area contributed by atoms with Gasteiger partial charge < -0.3 is 4.57 Å². The third-order valence-electron chi connectivity index (χ3n) is 3.02. The molecule has 0 saturated heterocycles. The quantitative estimate of drug-likeness (QED) is 0.717. The molecule has 0 N–H and O–H groups in total. The predicted molar refractivity (Wildman–Crippen MR) is 56.3 cm³/mol. The molecule has 0 aromatic carbocycles. The highest BCUT2D eigenvalue weighted by Gasteiger charge is 2.43. The molecule has 2 nitrogen and oxygen atoms in total. The fourth-order valence-corrected chi connectivity index (χ4v) is 2.18. The van der Waals surface area contributed by atoms with Gasteiger partial charge in [-0.3, -0.25) is 4.79 Å². The molecule has 1 aliphatic carbocycles. The van der Waals surface area contributed by atoms with Gasteiger partial charge in [-0.15, -0.1) is 0 Å². The Hall–Kier alpha value is -1.05. The summed E-state index contributed by atoms with van der Waals surface area (Å²) in [5.41, 5.74) is 1.35. The highest BCUT2D eigenvalue weighted by atomic mass is 16.1. The molecule has 1 aromatic rings. The topological polar surface area (TPSA) is 22.0 Å². The van der Waals surface area contributed by atoms with Crippen LogP contribution in [0.3, 0.4) is 0 Å². The van der Waals surface area contributed by atoms with Crippen molar-refractivity contribution in [2.75, 3.05) is 0 Å². The molecule has 0 bridgehead atoms. The number of rotatable bonds is 4. The molecular formula is C12H17NO. The molecule has 1 saturated carbocycles. The van der Waals surface area contributed by atoms with Crippen molar-refractivity contribution in [2.45, 2.75) is 39.2 Å². The van der Waals surface area contributed by atoms with Crippen LogP contribution in [0, 0.1) is 5.92 Å². The lowest BCUT2D eigenvalue weighted by Gasteiger charge is -2.06. The highest BCUT2D eigenvalue weighted by molar-refractivity contribution is 5.82. The first kappa shape index (κ1) is 9.50. The number of nitrogens with zero attached hydrogens (tertiary/aromatic N) is 1. The van der Waals surface area contributed by atoms with Gasteiger partial charge in [-0.2, -0.15) is 0 Å². The van der Waals surface area contributed by atoms with Crippen LogP contribution in [0.1, 0.15) is 38.3 Å². The monoisotopic (exact) mass is 191 g/mol. The summed E-state index contributed by atoms with van der Waals surface area (Å²) in [4.78, 5) is 11.2. The minimum atomic E-state index is 0.306. The van der Waals surface area contributed by atoms with Gasteiger partial charge in [0.25, 0.3) is 0 Å². The third-order valence-corrected chi connectivity index (χ3v) is 3.02. The number of hydrogen-bond donors (Lipinski definition) is 0. The van der Waals surface area contributed by atoms with Crippen LogP contribution in [0.25, 0.3) is 0 Å². The molecule has 1 aromatic heterocycles. The molecule has 0 aliphatic heterocycles. The summed E-state index contributed by atoms with van der Waals surface area (Å²) in [6.07, 6.45) is 4.33. The first-order chi connectivity index (χ1) is 6.74. The van der Waals surface area contributed by atoms with Crippen molar-refractivity contribution in [2.24, 2.45) is 5.92 Å². The number of aryl methyl sites for hydroxylation is 1. The zero-order chi connectivity index (χ0) is 10.1. The Kier molecular flexibility index (Phi) is 2.44. The van der Waals surface area contributed by atoms with Crippen molar-refractivity contribution in [3.63, 3.8) is 0 Å². The maximum absolute atomic E-state index is 11.2. The largest absolute Gasteiger partial charge is 0.351 e. The van der Waals surface area contributed by atoms with Crippen LogP contribution in [0.2, 0.25) is 0 Å². The third kappa shape index (κ3) is 1.61. The fraction of sp³-hybridized carbons (Fsp3) is 0.583. The van der Waals surface area contributed by atoms with E-state index in [4.69, 9.17) is 0 Å². The van der Waals surface area contributed by atoms with Crippen molar-refractivity contribution in [3.8, 4) is 0 Å². The van der Waals surface area contributed by atoms with Gasteiger partial charge in [0.1, 0.15) is 5.78 Å². The van der Waals surface area contributed by atoms with Gasteiger partial charge >= 0.3 is 0 Å². The van der Waals surface area contributed by atoms with Crippen molar-refractivity contribution < 1.29 is 4.79 Å². The molecule has 0 radical (unpaired) electrons. The van der Waals surface area contributed by atoms with Crippen LogP contribution in [0.4, 0.5) is 0 Å². The van der Waals surface area contributed by atoms with Crippen LogP contribution in [-0.2, 0) is 11.3 Å². The molecule has 1 heterocycles. The van der Waals surface area contributed by atoms with E-state index in [-0.39, 0.29) is 0 Å². The van der Waals surface area contributed by atoms with Crippen LogP contribution >= 0.6 is 0 Å². The summed E-state index contributed by atoms with van der Waals surface area (Å²) in [7, 11) is 0. The van der Waals surface area contributed by atoms with Gasteiger partial charge in [-0.25, -0.2) is 0 Å². The highest BCUT2D eigenvalue weighted by Crippen LogP contribution is 2.47. The molecule has 2 unspecified atom stereocenters. The normalized spacial score (nSPS) is 25.0. The second kappa shape index (κ2) is 3.60. The Labute approximate surface area is 84.9 Å². The van der Waals surface area contributed by atoms with Crippen molar-refractivity contribution in [3.05, 3.63) is 24.0 Å². The maximum atomic E-state index is 11.2. The molecule has 1 aliphatic rings. The smallest absolute Gasteiger partial charge is 0.133 e. The second-order valence-corrected chi connectivity index (χ2v) is 4.19. The Morgan fingerprint density at radius 3 is 3.00 bits per heavy atom. The van der Waals surface area contributed by atoms with E-state index in [1.54, 1.807) is 6.92 Å². The first-order valence-electron chi connectivity index (χ1n) is 5.39. The standard InChI is InChI=1S/C12H17NO/c1-3-6-13-7-4-5-12(13)11-8-10(11)9(2)14/h4-5,7,10-11H,3,6,8H2,1-2H3. The summed E-state index contributed by atoms with van der Waals surface area (Å²) in [6, 6.07) is 4.24. The molecule has 14 heavy (non-hydrogen) atoms. The maximum Gasteiger partial charge on any atom is 0.133 e. The van der Waals surface area contributed by atoms with Gasteiger partial charge in [0, 0.05) is 30.3 Å². The molecule has 2 atom stereocenters. The SMILES string of the molecule is CCCn1cccc1C1CC1C(C)=O. The number of hydrogen-bond acceptors (Lipinski definition) is 1. The molecule has 1 fully saturated rings. The summed E-state index contributed by atoms with van der Waals surface area (Å²) in [5, 5.41) is 0. The molecule has 0 spiro atoms. The minimum Gasteiger partial charge on any atom is -0.351 e. The van der Waals surface area contributed by atoms with Crippen LogP contribution < -0.4 is 0 Å². The van der Waals surface area contributed by atoms with E-state index in [1.807, 2.05) is 0 Å². The molecule has 2 heteroatoms. The van der Waals surface area contributed by atoms with Crippen molar-refractivity contribution >= 4 is 5.78 Å². The molecule has 0 amide bonds. The number of ketones is 1. The van der Waals surface area contributed by atoms with E-state index in [2.05, 4.69) is 29.8 Å². The summed E-state index contributed by atoms with van der Waals surface area (Å²) >= 11 is 0. The van der Waals surface area contributed by atoms with E-state index in [9.17, 15) is 4.79 Å². The summed E-state index contributed by atoms with van der Waals surface area (Å²) in [5.74, 6) is 1.16. The Bertz CT molecular complexity index is 340. The predicted octanol–water partition coefficient (Wildman–Crippen LogP) is 2.59. The molecular weight excluding hydrogens is 174 g/mol.